The number of nitriles is 1. The first-order chi connectivity index (χ1) is 16.4. The molecule has 174 valence electrons. The van der Waals surface area contributed by atoms with Crippen molar-refractivity contribution in [2.75, 3.05) is 11.9 Å². The predicted molar refractivity (Wildman–Crippen MR) is 142 cm³/mol. The number of rotatable bonds is 9. The third-order valence-electron chi connectivity index (χ3n) is 4.95. The number of anilines is 1. The van der Waals surface area contributed by atoms with Gasteiger partial charge >= 0.3 is 0 Å². The van der Waals surface area contributed by atoms with Crippen LogP contribution in [0.3, 0.4) is 0 Å². The SMILES string of the molecule is CCOc1cc(/C=C(\C#N)C(=O)Nc2ccccc2CC)cc(Br)c1OCc1ccc(Br)cc1. The van der Waals surface area contributed by atoms with Crippen LogP contribution >= 0.6 is 31.9 Å². The van der Waals surface area contributed by atoms with Crippen LogP contribution in [0, 0.1) is 11.3 Å². The molecule has 0 spiro atoms. The van der Waals surface area contributed by atoms with Crippen molar-refractivity contribution < 1.29 is 14.3 Å². The Hall–Kier alpha value is -3.08. The highest BCUT2D eigenvalue weighted by molar-refractivity contribution is 9.10. The van der Waals surface area contributed by atoms with Crippen LogP contribution in [0.1, 0.15) is 30.5 Å². The summed E-state index contributed by atoms with van der Waals surface area (Å²) in [6.07, 6.45) is 2.31. The van der Waals surface area contributed by atoms with Crippen LogP contribution in [0.15, 0.2) is 75.2 Å². The van der Waals surface area contributed by atoms with E-state index in [0.717, 1.165) is 22.0 Å². The number of para-hydroxylation sites is 1. The minimum Gasteiger partial charge on any atom is -0.490 e. The Labute approximate surface area is 216 Å². The van der Waals surface area contributed by atoms with Gasteiger partial charge in [-0.05, 0) is 82.4 Å². The fraction of sp³-hybridized carbons (Fsp3) is 0.185. The molecule has 34 heavy (non-hydrogen) atoms. The standard InChI is InChI=1S/C27H24Br2N2O3/c1-3-20-7-5-6-8-24(20)31-27(32)21(16-30)13-19-14-23(29)26(25(15-19)33-4-2)34-17-18-9-11-22(28)12-10-18/h5-15H,3-4,17H2,1-2H3,(H,31,32)/b21-13+. The Balaban J connectivity index is 1.85. The molecule has 3 aromatic rings. The topological polar surface area (TPSA) is 71.3 Å². The van der Waals surface area contributed by atoms with Crippen molar-refractivity contribution in [1.29, 1.82) is 5.26 Å². The van der Waals surface area contributed by atoms with E-state index in [-0.39, 0.29) is 5.57 Å². The van der Waals surface area contributed by atoms with Gasteiger partial charge in [0, 0.05) is 10.2 Å². The average molecular weight is 584 g/mol. The van der Waals surface area contributed by atoms with E-state index in [0.29, 0.717) is 40.4 Å². The van der Waals surface area contributed by atoms with E-state index >= 15 is 0 Å². The van der Waals surface area contributed by atoms with E-state index in [9.17, 15) is 10.1 Å². The molecule has 0 fully saturated rings. The van der Waals surface area contributed by atoms with Gasteiger partial charge in [0.1, 0.15) is 18.2 Å². The quantitative estimate of drug-likeness (QED) is 0.212. The Morgan fingerprint density at radius 3 is 2.47 bits per heavy atom. The van der Waals surface area contributed by atoms with Crippen molar-refractivity contribution in [3.05, 3.63) is 91.9 Å². The molecule has 0 radical (unpaired) electrons. The van der Waals surface area contributed by atoms with E-state index in [2.05, 4.69) is 37.2 Å². The van der Waals surface area contributed by atoms with E-state index in [4.69, 9.17) is 9.47 Å². The van der Waals surface area contributed by atoms with Gasteiger partial charge < -0.3 is 14.8 Å². The highest BCUT2D eigenvalue weighted by Crippen LogP contribution is 2.38. The lowest BCUT2D eigenvalue weighted by Gasteiger charge is -2.15. The third-order valence-corrected chi connectivity index (χ3v) is 6.07. The molecule has 0 aliphatic heterocycles. The number of aryl methyl sites for hydroxylation is 1. The first-order valence-corrected chi connectivity index (χ1v) is 12.4. The number of carbonyl (C=O) groups is 1. The second kappa shape index (κ2) is 12.4. The third kappa shape index (κ3) is 6.72. The number of benzene rings is 3. The molecule has 0 saturated carbocycles. The van der Waals surface area contributed by atoms with Crippen molar-refractivity contribution >= 4 is 49.5 Å². The molecule has 0 bridgehead atoms. The van der Waals surface area contributed by atoms with Crippen molar-refractivity contribution in [2.45, 2.75) is 26.9 Å². The van der Waals surface area contributed by atoms with E-state index in [1.165, 1.54) is 6.08 Å². The average Bonchev–Trinajstić information content (AvgIpc) is 2.83. The van der Waals surface area contributed by atoms with E-state index < -0.39 is 5.91 Å². The number of carbonyl (C=O) groups excluding carboxylic acids is 1. The van der Waals surface area contributed by atoms with Gasteiger partial charge in [-0.1, -0.05) is 53.2 Å². The van der Waals surface area contributed by atoms with Crippen LogP contribution in [0.5, 0.6) is 11.5 Å². The lowest BCUT2D eigenvalue weighted by Crippen LogP contribution is -2.14. The minimum atomic E-state index is -0.465. The molecule has 0 saturated heterocycles. The first kappa shape index (κ1) is 25.5. The molecular formula is C27H24Br2N2O3. The summed E-state index contributed by atoms with van der Waals surface area (Å²) in [4.78, 5) is 12.8. The van der Waals surface area contributed by atoms with Crippen LogP contribution in [0.2, 0.25) is 0 Å². The normalized spacial score (nSPS) is 11.0. The molecule has 0 atom stereocenters. The second-order valence-corrected chi connectivity index (χ2v) is 9.08. The van der Waals surface area contributed by atoms with Gasteiger partial charge in [0.2, 0.25) is 0 Å². The molecule has 0 unspecified atom stereocenters. The highest BCUT2D eigenvalue weighted by Gasteiger charge is 2.15. The van der Waals surface area contributed by atoms with Crippen molar-refractivity contribution in [3.8, 4) is 17.6 Å². The zero-order chi connectivity index (χ0) is 24.5. The number of amides is 1. The summed E-state index contributed by atoms with van der Waals surface area (Å²) in [7, 11) is 0. The maximum atomic E-state index is 12.8. The zero-order valence-corrected chi connectivity index (χ0v) is 22.1. The molecule has 0 aromatic heterocycles. The molecule has 1 amide bonds. The van der Waals surface area contributed by atoms with E-state index in [1.807, 2.05) is 68.4 Å². The van der Waals surface area contributed by atoms with Crippen LogP contribution < -0.4 is 14.8 Å². The smallest absolute Gasteiger partial charge is 0.266 e. The lowest BCUT2D eigenvalue weighted by atomic mass is 10.1. The largest absolute Gasteiger partial charge is 0.490 e. The number of nitrogens with one attached hydrogen (secondary N) is 1. The lowest BCUT2D eigenvalue weighted by molar-refractivity contribution is -0.112. The number of halogens is 2. The van der Waals surface area contributed by atoms with Gasteiger partial charge in [-0.2, -0.15) is 5.26 Å². The van der Waals surface area contributed by atoms with Crippen LogP contribution in [0.4, 0.5) is 5.69 Å². The summed E-state index contributed by atoms with van der Waals surface area (Å²) in [5.41, 5.74) is 3.34. The fourth-order valence-corrected chi connectivity index (χ4v) is 4.10. The molecule has 7 heteroatoms. The Bertz CT molecular complexity index is 1230. The maximum Gasteiger partial charge on any atom is 0.266 e. The highest BCUT2D eigenvalue weighted by atomic mass is 79.9. The van der Waals surface area contributed by atoms with Crippen molar-refractivity contribution in [2.24, 2.45) is 0 Å². The molecule has 1 N–H and O–H groups in total. The minimum absolute atomic E-state index is 0.0104. The molecule has 3 aromatic carbocycles. The first-order valence-electron chi connectivity index (χ1n) is 10.8. The van der Waals surface area contributed by atoms with Gasteiger partial charge in [0.25, 0.3) is 5.91 Å². The summed E-state index contributed by atoms with van der Waals surface area (Å²) >= 11 is 6.98. The number of ether oxygens (including phenoxy) is 2. The number of hydrogen-bond donors (Lipinski definition) is 1. The van der Waals surface area contributed by atoms with Gasteiger partial charge in [-0.25, -0.2) is 0 Å². The van der Waals surface area contributed by atoms with Crippen molar-refractivity contribution in [3.63, 3.8) is 0 Å². The predicted octanol–water partition coefficient (Wildman–Crippen LogP) is 7.30. The summed E-state index contributed by atoms with van der Waals surface area (Å²) < 4.78 is 13.5. The number of hydrogen-bond acceptors (Lipinski definition) is 4. The van der Waals surface area contributed by atoms with Gasteiger partial charge in [0.15, 0.2) is 11.5 Å². The molecule has 5 nitrogen and oxygen atoms in total. The van der Waals surface area contributed by atoms with Gasteiger partial charge in [-0.3, -0.25) is 4.79 Å². The Morgan fingerprint density at radius 2 is 1.79 bits per heavy atom. The van der Waals surface area contributed by atoms with E-state index in [1.54, 1.807) is 12.1 Å². The molecule has 0 heterocycles. The van der Waals surface area contributed by atoms with Gasteiger partial charge in [-0.15, -0.1) is 0 Å². The molecule has 0 aliphatic rings. The summed E-state index contributed by atoms with van der Waals surface area (Å²) in [6.45, 7) is 4.70. The maximum absolute atomic E-state index is 12.8. The van der Waals surface area contributed by atoms with Crippen LogP contribution in [-0.2, 0) is 17.8 Å². The van der Waals surface area contributed by atoms with Crippen molar-refractivity contribution in [1.82, 2.24) is 0 Å². The summed E-state index contributed by atoms with van der Waals surface area (Å²) in [5, 5.41) is 12.5. The monoisotopic (exact) mass is 582 g/mol. The molecule has 3 rings (SSSR count). The Morgan fingerprint density at radius 1 is 1.06 bits per heavy atom. The second-order valence-electron chi connectivity index (χ2n) is 7.31. The molecule has 0 aliphatic carbocycles. The van der Waals surface area contributed by atoms with Gasteiger partial charge in [0.05, 0.1) is 11.1 Å². The van der Waals surface area contributed by atoms with Crippen LogP contribution in [0.25, 0.3) is 6.08 Å². The summed E-state index contributed by atoms with van der Waals surface area (Å²) in [6, 6.07) is 21.0. The zero-order valence-electron chi connectivity index (χ0n) is 18.9. The molecular weight excluding hydrogens is 560 g/mol. The number of nitrogens with zero attached hydrogens (tertiary/aromatic N) is 1. The Kier molecular flexibility index (Phi) is 9.32. The fourth-order valence-electron chi connectivity index (χ4n) is 3.27. The van der Waals surface area contributed by atoms with Crippen LogP contribution in [-0.4, -0.2) is 12.5 Å². The summed E-state index contributed by atoms with van der Waals surface area (Å²) in [5.74, 6) is 0.615.